The van der Waals surface area contributed by atoms with Crippen LogP contribution in [0.5, 0.6) is 63.2 Å². The third-order valence-electron chi connectivity index (χ3n) is 8.66. The highest BCUT2D eigenvalue weighted by Crippen LogP contribution is 2.37. The summed E-state index contributed by atoms with van der Waals surface area (Å²) in [6, 6.07) is 15.2. The second-order valence-corrected chi connectivity index (χ2v) is 12.3. The van der Waals surface area contributed by atoms with Crippen LogP contribution in [-0.4, -0.2) is 78.2 Å². The Morgan fingerprint density at radius 3 is 1.12 bits per heavy atom. The molecule has 0 radical (unpaired) electrons. The Morgan fingerprint density at radius 2 is 0.729 bits per heavy atom. The minimum Gasteiger partial charge on any atom is -0.496 e. The fourth-order valence-corrected chi connectivity index (χ4v) is 5.68. The summed E-state index contributed by atoms with van der Waals surface area (Å²) in [5.41, 5.74) is 5.49. The maximum atomic E-state index is 5.30. The summed E-state index contributed by atoms with van der Waals surface area (Å²) in [5, 5.41) is 0. The SMILES string of the molecule is C/C=C/c1cc(OC)c(OC)cc1OC.C/C=C\c1cc(OC)c(OC)cc1C.C=CCc1cc(OC)c(OC)cc1OC.CCCc1cc(OC)c(OC)cc1OC. The first kappa shape index (κ1) is 50.9. The van der Waals surface area contributed by atoms with E-state index >= 15 is 0 Å². The number of aryl methyl sites for hydroxylation is 2. The van der Waals surface area contributed by atoms with Gasteiger partial charge in [-0.25, -0.2) is 0 Å². The lowest BCUT2D eigenvalue weighted by Gasteiger charge is -2.13. The van der Waals surface area contributed by atoms with E-state index in [1.54, 1.807) is 78.2 Å². The lowest BCUT2D eigenvalue weighted by Crippen LogP contribution is -1.96. The molecule has 0 aliphatic heterocycles. The molecule has 4 rings (SSSR count). The first-order chi connectivity index (χ1) is 28.5. The van der Waals surface area contributed by atoms with E-state index in [0.717, 1.165) is 76.0 Å². The van der Waals surface area contributed by atoms with E-state index in [4.69, 9.17) is 52.1 Å². The zero-order valence-electron chi connectivity index (χ0n) is 37.8. The normalized spacial score (nSPS) is 10.1. The second kappa shape index (κ2) is 28.3. The highest BCUT2D eigenvalue weighted by Gasteiger charge is 2.12. The van der Waals surface area contributed by atoms with Crippen molar-refractivity contribution in [1.82, 2.24) is 0 Å². The van der Waals surface area contributed by atoms with Gasteiger partial charge in [0.25, 0.3) is 0 Å². The van der Waals surface area contributed by atoms with Crippen molar-refractivity contribution in [2.45, 2.75) is 47.0 Å². The quantitative estimate of drug-likeness (QED) is 0.0952. The van der Waals surface area contributed by atoms with E-state index in [9.17, 15) is 0 Å². The Morgan fingerprint density at radius 1 is 0.407 bits per heavy atom. The maximum absolute atomic E-state index is 5.30. The van der Waals surface area contributed by atoms with Crippen molar-refractivity contribution in [2.75, 3.05) is 78.2 Å². The molecular formula is C48H66O11. The lowest BCUT2D eigenvalue weighted by atomic mass is 10.1. The van der Waals surface area contributed by atoms with Crippen molar-refractivity contribution in [1.29, 1.82) is 0 Å². The van der Waals surface area contributed by atoms with Crippen molar-refractivity contribution in [3.05, 3.63) is 101 Å². The number of hydrogen-bond acceptors (Lipinski definition) is 11. The van der Waals surface area contributed by atoms with Gasteiger partial charge in [0, 0.05) is 29.3 Å². The Kier molecular flexibility index (Phi) is 24.4. The molecule has 4 aromatic carbocycles. The van der Waals surface area contributed by atoms with Gasteiger partial charge >= 0.3 is 0 Å². The Labute approximate surface area is 353 Å². The van der Waals surface area contributed by atoms with Gasteiger partial charge in [0.15, 0.2) is 46.0 Å². The van der Waals surface area contributed by atoms with Crippen molar-refractivity contribution < 1.29 is 52.1 Å². The summed E-state index contributed by atoms with van der Waals surface area (Å²) in [6.07, 6.45) is 12.6. The second-order valence-electron chi connectivity index (χ2n) is 12.3. The number of allylic oxidation sites excluding steroid dienone is 3. The molecule has 0 fully saturated rings. The van der Waals surface area contributed by atoms with Crippen molar-refractivity contribution >= 4 is 12.2 Å². The Balaban J connectivity index is 0.000000393. The van der Waals surface area contributed by atoms with Gasteiger partial charge < -0.3 is 52.1 Å². The van der Waals surface area contributed by atoms with Crippen LogP contribution in [0, 0.1) is 6.92 Å². The predicted molar refractivity (Wildman–Crippen MR) is 240 cm³/mol. The van der Waals surface area contributed by atoms with Gasteiger partial charge in [-0.3, -0.25) is 0 Å². The number of methoxy groups -OCH3 is 11. The molecule has 11 nitrogen and oxygen atoms in total. The van der Waals surface area contributed by atoms with Gasteiger partial charge in [-0.1, -0.05) is 43.7 Å². The van der Waals surface area contributed by atoms with Crippen molar-refractivity contribution in [3.63, 3.8) is 0 Å². The minimum atomic E-state index is 0.669. The molecule has 324 valence electrons. The molecule has 0 aliphatic carbocycles. The summed E-state index contributed by atoms with van der Waals surface area (Å²) in [6.45, 7) is 11.8. The van der Waals surface area contributed by atoms with Crippen LogP contribution in [0.1, 0.15) is 55.0 Å². The average Bonchev–Trinajstić information content (AvgIpc) is 3.27. The van der Waals surface area contributed by atoms with Crippen LogP contribution < -0.4 is 52.1 Å². The zero-order valence-corrected chi connectivity index (χ0v) is 37.8. The molecule has 0 atom stereocenters. The standard InChI is InChI=1S/C12H18O3.2C12H16O3.C12H16O2/c3*1-5-6-9-7-11(14-3)12(15-4)8-10(9)13-2;1-5-6-10-8-12(14-4)11(13-3)7-9(10)2/h7-8H,5-6H2,1-4H3;5-8H,1-4H3;5,7-8H,1,6H2,2-4H3;5-8H,1-4H3/b;6-5+;;6-5-. The molecule has 0 amide bonds. The molecule has 4 aromatic rings. The van der Waals surface area contributed by atoms with Crippen molar-refractivity contribution in [2.24, 2.45) is 0 Å². The van der Waals surface area contributed by atoms with Gasteiger partial charge in [0.1, 0.15) is 17.2 Å². The van der Waals surface area contributed by atoms with E-state index in [-0.39, 0.29) is 0 Å². The predicted octanol–water partition coefficient (Wildman–Crippen LogP) is 10.9. The van der Waals surface area contributed by atoms with Gasteiger partial charge in [-0.15, -0.1) is 6.58 Å². The molecule has 0 N–H and O–H groups in total. The minimum absolute atomic E-state index is 0.669. The van der Waals surface area contributed by atoms with E-state index in [1.165, 1.54) is 5.56 Å². The molecule has 59 heavy (non-hydrogen) atoms. The van der Waals surface area contributed by atoms with Crippen LogP contribution in [0.15, 0.2) is 73.3 Å². The van der Waals surface area contributed by atoms with Crippen LogP contribution in [0.25, 0.3) is 12.2 Å². The van der Waals surface area contributed by atoms with Crippen LogP contribution in [0.4, 0.5) is 0 Å². The smallest absolute Gasteiger partial charge is 0.164 e. The third-order valence-corrected chi connectivity index (χ3v) is 8.66. The molecule has 0 aromatic heterocycles. The van der Waals surface area contributed by atoms with Crippen LogP contribution >= 0.6 is 0 Å². The fourth-order valence-electron chi connectivity index (χ4n) is 5.68. The lowest BCUT2D eigenvalue weighted by molar-refractivity contribution is 0.347. The first-order valence-corrected chi connectivity index (χ1v) is 19.0. The number of benzene rings is 4. The van der Waals surface area contributed by atoms with Gasteiger partial charge in [0.2, 0.25) is 0 Å². The Hall–Kier alpha value is -6.10. The molecule has 0 saturated carbocycles. The van der Waals surface area contributed by atoms with E-state index in [0.29, 0.717) is 28.7 Å². The molecule has 0 unspecified atom stereocenters. The molecular weight excluding hydrogens is 753 g/mol. The summed E-state index contributed by atoms with van der Waals surface area (Å²) in [5.74, 6) is 8.15. The van der Waals surface area contributed by atoms with Gasteiger partial charge in [-0.05, 0) is 80.6 Å². The fraction of sp³-hybridized carbons (Fsp3) is 0.375. The summed E-state index contributed by atoms with van der Waals surface area (Å²) in [4.78, 5) is 0. The van der Waals surface area contributed by atoms with E-state index in [2.05, 4.69) is 26.5 Å². The van der Waals surface area contributed by atoms with Gasteiger partial charge in [-0.2, -0.15) is 0 Å². The summed E-state index contributed by atoms with van der Waals surface area (Å²) in [7, 11) is 17.9. The largest absolute Gasteiger partial charge is 0.496 e. The monoisotopic (exact) mass is 818 g/mol. The molecule has 0 saturated heterocycles. The number of hydrogen-bond donors (Lipinski definition) is 0. The van der Waals surface area contributed by atoms with E-state index in [1.807, 2.05) is 86.7 Å². The molecule has 0 bridgehead atoms. The molecule has 0 spiro atoms. The average molecular weight is 819 g/mol. The first-order valence-electron chi connectivity index (χ1n) is 19.0. The third kappa shape index (κ3) is 15.3. The summed E-state index contributed by atoms with van der Waals surface area (Å²) >= 11 is 0. The molecule has 11 heteroatoms. The highest BCUT2D eigenvalue weighted by atomic mass is 16.5. The number of rotatable bonds is 17. The summed E-state index contributed by atoms with van der Waals surface area (Å²) < 4.78 is 57.5. The topological polar surface area (TPSA) is 102 Å². The van der Waals surface area contributed by atoms with Crippen LogP contribution in [0.3, 0.4) is 0 Å². The highest BCUT2D eigenvalue weighted by molar-refractivity contribution is 5.63. The van der Waals surface area contributed by atoms with Crippen molar-refractivity contribution in [3.8, 4) is 63.2 Å². The number of ether oxygens (including phenoxy) is 11. The maximum Gasteiger partial charge on any atom is 0.164 e. The van der Waals surface area contributed by atoms with Crippen LogP contribution in [-0.2, 0) is 12.8 Å². The molecule has 0 aliphatic rings. The Bertz CT molecular complexity index is 1910. The zero-order chi connectivity index (χ0) is 44.3. The van der Waals surface area contributed by atoms with E-state index < -0.39 is 0 Å². The molecule has 0 heterocycles. The van der Waals surface area contributed by atoms with Crippen LogP contribution in [0.2, 0.25) is 0 Å². The van der Waals surface area contributed by atoms with Gasteiger partial charge in [0.05, 0.1) is 78.2 Å².